The van der Waals surface area contributed by atoms with Gasteiger partial charge in [-0.3, -0.25) is 0 Å². The highest BCUT2D eigenvalue weighted by Crippen LogP contribution is 2.59. The maximum atomic E-state index is 2.56. The van der Waals surface area contributed by atoms with Crippen LogP contribution in [0.2, 0.25) is 0 Å². The molecule has 0 unspecified atom stereocenters. The Balaban J connectivity index is 0.925. The van der Waals surface area contributed by atoms with Crippen LogP contribution in [0, 0.1) is 41.5 Å². The number of hydrogen-bond donors (Lipinski definition) is 0. The average molecular weight is 1100 g/mol. The molecule has 410 valence electrons. The third-order valence-electron chi connectivity index (χ3n) is 19.4. The zero-order chi connectivity index (χ0) is 58.0. The van der Waals surface area contributed by atoms with Crippen LogP contribution in [0.4, 0.5) is 34.1 Å². The van der Waals surface area contributed by atoms with Gasteiger partial charge < -0.3 is 9.80 Å². The molecule has 0 N–H and O–H groups in total. The lowest BCUT2D eigenvalue weighted by Gasteiger charge is -2.36. The van der Waals surface area contributed by atoms with E-state index in [0.717, 1.165) is 22.7 Å². The number of hydrogen-bond acceptors (Lipinski definition) is 2. The molecule has 0 bridgehead atoms. The molecule has 2 aliphatic rings. The van der Waals surface area contributed by atoms with Crippen LogP contribution in [0.15, 0.2) is 279 Å². The zero-order valence-electron chi connectivity index (χ0n) is 49.5. The van der Waals surface area contributed by atoms with Crippen LogP contribution in [-0.4, -0.2) is 0 Å². The maximum absolute atomic E-state index is 2.56. The van der Waals surface area contributed by atoms with Gasteiger partial charge in [0.15, 0.2) is 0 Å². The van der Waals surface area contributed by atoms with E-state index < -0.39 is 10.8 Å². The van der Waals surface area contributed by atoms with Crippen molar-refractivity contribution < 1.29 is 0 Å². The maximum Gasteiger partial charge on any atom is 0.0714 e. The average Bonchev–Trinajstić information content (AvgIpc) is 1.41. The van der Waals surface area contributed by atoms with Gasteiger partial charge in [-0.25, -0.2) is 0 Å². The fourth-order valence-electron chi connectivity index (χ4n) is 15.7. The Morgan fingerprint density at radius 3 is 0.919 bits per heavy atom. The summed E-state index contributed by atoms with van der Waals surface area (Å²) in [5.74, 6) is 0. The van der Waals surface area contributed by atoms with E-state index >= 15 is 0 Å². The van der Waals surface area contributed by atoms with Crippen LogP contribution in [0.1, 0.15) is 77.9 Å². The van der Waals surface area contributed by atoms with E-state index in [0.29, 0.717) is 0 Å². The Hall–Kier alpha value is -10.3. The smallest absolute Gasteiger partial charge is 0.0714 e. The molecule has 0 heterocycles. The van der Waals surface area contributed by atoms with Gasteiger partial charge in [-0.1, -0.05) is 254 Å². The normalized spacial score (nSPS) is 13.4. The van der Waals surface area contributed by atoms with Gasteiger partial charge in [0, 0.05) is 22.1 Å². The van der Waals surface area contributed by atoms with Gasteiger partial charge in [0.2, 0.25) is 0 Å². The summed E-state index contributed by atoms with van der Waals surface area (Å²) in [6.07, 6.45) is 0. The molecule has 86 heavy (non-hydrogen) atoms. The first-order valence-electron chi connectivity index (χ1n) is 30.3. The first-order valence-corrected chi connectivity index (χ1v) is 30.3. The van der Waals surface area contributed by atoms with Gasteiger partial charge in [-0.05, 0) is 189 Å². The fraction of sp³-hybridized carbons (Fsp3) is 0.0952. The highest BCUT2D eigenvalue weighted by molar-refractivity contribution is 6.28. The van der Waals surface area contributed by atoms with Crippen molar-refractivity contribution in [1.29, 1.82) is 0 Å². The van der Waals surface area contributed by atoms with Gasteiger partial charge >= 0.3 is 0 Å². The molecule has 0 aliphatic heterocycles. The standard InChI is InChI=1S/C84H64N2/c1-53-35-43-61(44-36-53)83(73-31-11-7-27-67(73)68-28-8-12-32-74(68)83)63-23-17-25-65(51-63)85(81-55(3)19-15-20-56(81)4)77-49-41-59-40-48-72-78(50-42-60-39-47-71(77)79(59)80(60)72)86(82-57(5)21-16-22-58(82)6)66-26-18-24-64(52-66)84(62-45-37-54(2)38-46-62)75-33-13-9-29-69(75)70-30-10-14-34-76(70)84/h7-52H,1-6H3. The summed E-state index contributed by atoms with van der Waals surface area (Å²) in [5, 5.41) is 7.35. The van der Waals surface area contributed by atoms with Crippen molar-refractivity contribution >= 4 is 66.4 Å². The van der Waals surface area contributed by atoms with E-state index in [1.165, 1.54) is 144 Å². The Morgan fingerprint density at radius 1 is 0.256 bits per heavy atom. The minimum absolute atomic E-state index is 0.559. The van der Waals surface area contributed by atoms with Crippen molar-refractivity contribution in [2.45, 2.75) is 52.4 Å². The molecule has 0 atom stereocenters. The molecule has 2 nitrogen and oxygen atoms in total. The molecule has 2 heteroatoms. The van der Waals surface area contributed by atoms with Crippen LogP contribution < -0.4 is 9.80 Å². The topological polar surface area (TPSA) is 6.48 Å². The number of para-hydroxylation sites is 2. The molecule has 0 aromatic heterocycles. The molecule has 14 aromatic rings. The monoisotopic (exact) mass is 1100 g/mol. The molecule has 14 aromatic carbocycles. The zero-order valence-corrected chi connectivity index (χ0v) is 49.5. The number of anilines is 6. The highest BCUT2D eigenvalue weighted by Gasteiger charge is 2.48. The Kier molecular flexibility index (Phi) is 11.7. The number of benzene rings is 14. The van der Waals surface area contributed by atoms with E-state index in [9.17, 15) is 0 Å². The van der Waals surface area contributed by atoms with Crippen LogP contribution in [0.25, 0.3) is 54.6 Å². The third kappa shape index (κ3) is 7.39. The second-order valence-electron chi connectivity index (χ2n) is 24.3. The number of fused-ring (bicyclic) bond motifs is 6. The summed E-state index contributed by atoms with van der Waals surface area (Å²) in [5.41, 5.74) is 28.5. The van der Waals surface area contributed by atoms with Crippen molar-refractivity contribution in [3.05, 3.63) is 357 Å². The molecule has 2 aliphatic carbocycles. The minimum atomic E-state index is -0.559. The highest BCUT2D eigenvalue weighted by atomic mass is 15.2. The first kappa shape index (κ1) is 51.4. The van der Waals surface area contributed by atoms with Crippen LogP contribution in [-0.2, 0) is 10.8 Å². The lowest BCUT2D eigenvalue weighted by Crippen LogP contribution is -2.29. The first-order chi connectivity index (χ1) is 42.1. The van der Waals surface area contributed by atoms with E-state index in [-0.39, 0.29) is 0 Å². The molecular formula is C84H64N2. The van der Waals surface area contributed by atoms with Gasteiger partial charge in [0.25, 0.3) is 0 Å². The van der Waals surface area contributed by atoms with E-state index in [1.807, 2.05) is 0 Å². The van der Waals surface area contributed by atoms with Crippen molar-refractivity contribution in [2.75, 3.05) is 9.80 Å². The Bertz CT molecular complexity index is 4570. The number of rotatable bonds is 10. The molecule has 0 saturated carbocycles. The van der Waals surface area contributed by atoms with E-state index in [2.05, 4.69) is 330 Å². The summed E-state index contributed by atoms with van der Waals surface area (Å²) in [6, 6.07) is 106. The lowest BCUT2D eigenvalue weighted by molar-refractivity contribution is 0.768. The summed E-state index contributed by atoms with van der Waals surface area (Å²) in [6.45, 7) is 13.4. The van der Waals surface area contributed by atoms with Crippen LogP contribution >= 0.6 is 0 Å². The van der Waals surface area contributed by atoms with Gasteiger partial charge in [0.05, 0.1) is 33.6 Å². The molecular weight excluding hydrogens is 1040 g/mol. The summed E-state index contributed by atoms with van der Waals surface area (Å²) < 4.78 is 0. The second-order valence-corrected chi connectivity index (χ2v) is 24.3. The number of nitrogens with zero attached hydrogens (tertiary/aromatic N) is 2. The summed E-state index contributed by atoms with van der Waals surface area (Å²) in [4.78, 5) is 5.13. The van der Waals surface area contributed by atoms with Crippen LogP contribution in [0.3, 0.4) is 0 Å². The van der Waals surface area contributed by atoms with E-state index in [1.54, 1.807) is 0 Å². The molecule has 0 spiro atoms. The van der Waals surface area contributed by atoms with E-state index in [4.69, 9.17) is 0 Å². The Labute approximate surface area is 504 Å². The van der Waals surface area contributed by atoms with Crippen molar-refractivity contribution in [3.63, 3.8) is 0 Å². The minimum Gasteiger partial charge on any atom is -0.309 e. The van der Waals surface area contributed by atoms with Crippen molar-refractivity contribution in [1.82, 2.24) is 0 Å². The molecule has 16 rings (SSSR count). The summed E-state index contributed by atoms with van der Waals surface area (Å²) >= 11 is 0. The third-order valence-corrected chi connectivity index (χ3v) is 19.4. The molecule has 0 amide bonds. The number of aryl methyl sites for hydroxylation is 6. The SMILES string of the molecule is Cc1ccc(C2(c3cccc(N(c4c(C)cccc4C)c4ccc5ccc6c(N(c7cccc(C8(c9ccc(C)cc9)c9ccccc9-c9ccccc98)c7)c7c(C)cccc7C)ccc7ccc4c5c76)c3)c3ccccc3-c3ccccc32)cc1. The Morgan fingerprint density at radius 2 is 0.570 bits per heavy atom. The van der Waals surface area contributed by atoms with Gasteiger partial charge in [-0.2, -0.15) is 0 Å². The quantitative estimate of drug-likeness (QED) is 0.126. The second kappa shape index (κ2) is 19.7. The molecule has 0 fully saturated rings. The lowest BCUT2D eigenvalue weighted by atomic mass is 9.67. The fourth-order valence-corrected chi connectivity index (χ4v) is 15.7. The van der Waals surface area contributed by atoms with Crippen molar-refractivity contribution in [3.8, 4) is 22.3 Å². The van der Waals surface area contributed by atoms with Gasteiger partial charge in [-0.15, -0.1) is 0 Å². The van der Waals surface area contributed by atoms with Crippen LogP contribution in [0.5, 0.6) is 0 Å². The predicted octanol–water partition coefficient (Wildman–Crippen LogP) is 22.1. The summed E-state index contributed by atoms with van der Waals surface area (Å²) in [7, 11) is 0. The molecule has 0 saturated heterocycles. The largest absolute Gasteiger partial charge is 0.309 e. The molecule has 0 radical (unpaired) electrons. The predicted molar refractivity (Wildman–Crippen MR) is 363 cm³/mol. The van der Waals surface area contributed by atoms with Crippen molar-refractivity contribution in [2.24, 2.45) is 0 Å². The van der Waals surface area contributed by atoms with Gasteiger partial charge in [0.1, 0.15) is 0 Å².